The molecule has 1 amide bonds. The summed E-state index contributed by atoms with van der Waals surface area (Å²) in [4.78, 5) is 24.1. The minimum Gasteiger partial charge on any atom is -0.467 e. The Hall–Kier alpha value is -1.10. The zero-order valence-electron chi connectivity index (χ0n) is 11.0. The minimum atomic E-state index is -0.761. The Morgan fingerprint density at radius 2 is 2.00 bits per heavy atom. The Morgan fingerprint density at radius 1 is 1.28 bits per heavy atom. The third kappa shape index (κ3) is 2.66. The lowest BCUT2D eigenvalue weighted by atomic mass is 9.93. The van der Waals surface area contributed by atoms with E-state index in [4.69, 9.17) is 4.74 Å². The lowest BCUT2D eigenvalue weighted by Gasteiger charge is -2.30. The first-order chi connectivity index (χ1) is 8.68. The summed E-state index contributed by atoms with van der Waals surface area (Å²) >= 11 is 0. The first-order valence-corrected chi connectivity index (χ1v) is 6.79. The molecule has 2 aliphatic rings. The lowest BCUT2D eigenvalue weighted by molar-refractivity contribution is -0.151. The van der Waals surface area contributed by atoms with Gasteiger partial charge in [0.05, 0.1) is 13.0 Å². The van der Waals surface area contributed by atoms with E-state index in [0.29, 0.717) is 19.4 Å². The Morgan fingerprint density at radius 3 is 2.56 bits per heavy atom. The molecule has 0 aromatic rings. The van der Waals surface area contributed by atoms with Gasteiger partial charge in [-0.2, -0.15) is 0 Å². The van der Waals surface area contributed by atoms with Crippen LogP contribution in [0.3, 0.4) is 0 Å². The number of piperidine rings is 1. The van der Waals surface area contributed by atoms with Crippen LogP contribution in [0.4, 0.5) is 0 Å². The molecular formula is C13H22N2O3. The van der Waals surface area contributed by atoms with Crippen molar-refractivity contribution in [3.63, 3.8) is 0 Å². The second-order valence-electron chi connectivity index (χ2n) is 5.31. The average Bonchev–Trinajstić information content (AvgIpc) is 2.88. The highest BCUT2D eigenvalue weighted by atomic mass is 16.5. The molecule has 2 N–H and O–H groups in total. The molecule has 5 nitrogen and oxygen atoms in total. The van der Waals surface area contributed by atoms with Gasteiger partial charge in [-0.15, -0.1) is 0 Å². The maximum atomic E-state index is 12.2. The van der Waals surface area contributed by atoms with Crippen LogP contribution in [0.1, 0.15) is 38.5 Å². The van der Waals surface area contributed by atoms with Crippen LogP contribution in [0.25, 0.3) is 0 Å². The van der Waals surface area contributed by atoms with Crippen molar-refractivity contribution in [2.75, 3.05) is 20.2 Å². The standard InChI is InChI=1S/C13H22N2O3/c1-18-12(17)13(6-2-3-7-13)15-11(16)10-5-4-8-14-9-10/h10,14H,2-9H2,1H3,(H,15,16). The predicted molar refractivity (Wildman–Crippen MR) is 67.0 cm³/mol. The van der Waals surface area contributed by atoms with Crippen LogP contribution in [0, 0.1) is 5.92 Å². The van der Waals surface area contributed by atoms with Gasteiger partial charge >= 0.3 is 5.97 Å². The van der Waals surface area contributed by atoms with Crippen molar-refractivity contribution >= 4 is 11.9 Å². The van der Waals surface area contributed by atoms with Crippen LogP contribution in [0.2, 0.25) is 0 Å². The summed E-state index contributed by atoms with van der Waals surface area (Å²) < 4.78 is 4.86. The number of rotatable bonds is 3. The number of hydrogen-bond donors (Lipinski definition) is 2. The Bertz CT molecular complexity index is 318. The van der Waals surface area contributed by atoms with E-state index in [1.54, 1.807) is 0 Å². The molecule has 5 heteroatoms. The van der Waals surface area contributed by atoms with Crippen molar-refractivity contribution in [2.45, 2.75) is 44.1 Å². The zero-order valence-corrected chi connectivity index (χ0v) is 11.0. The van der Waals surface area contributed by atoms with E-state index in [-0.39, 0.29) is 17.8 Å². The van der Waals surface area contributed by atoms with Crippen molar-refractivity contribution in [1.29, 1.82) is 0 Å². The lowest BCUT2D eigenvalue weighted by Crippen LogP contribution is -2.56. The third-order valence-electron chi connectivity index (χ3n) is 4.06. The van der Waals surface area contributed by atoms with Crippen LogP contribution < -0.4 is 10.6 Å². The maximum absolute atomic E-state index is 12.2. The van der Waals surface area contributed by atoms with Crippen molar-refractivity contribution in [2.24, 2.45) is 5.92 Å². The van der Waals surface area contributed by atoms with Gasteiger partial charge in [-0.25, -0.2) is 4.79 Å². The smallest absolute Gasteiger partial charge is 0.331 e. The predicted octanol–water partition coefficient (Wildman–Crippen LogP) is 0.588. The van der Waals surface area contributed by atoms with Gasteiger partial charge in [0.25, 0.3) is 0 Å². The van der Waals surface area contributed by atoms with Crippen molar-refractivity contribution in [3.05, 3.63) is 0 Å². The van der Waals surface area contributed by atoms with Gasteiger partial charge in [0.15, 0.2) is 0 Å². The molecule has 1 saturated heterocycles. The van der Waals surface area contributed by atoms with Crippen molar-refractivity contribution in [1.82, 2.24) is 10.6 Å². The molecular weight excluding hydrogens is 232 g/mol. The number of hydrogen-bond acceptors (Lipinski definition) is 4. The van der Waals surface area contributed by atoms with E-state index < -0.39 is 5.54 Å². The van der Waals surface area contributed by atoms with Gasteiger partial charge in [-0.05, 0) is 32.2 Å². The summed E-state index contributed by atoms with van der Waals surface area (Å²) in [6.07, 6.45) is 5.26. The summed E-state index contributed by atoms with van der Waals surface area (Å²) in [6, 6.07) is 0. The van der Waals surface area contributed by atoms with E-state index in [0.717, 1.165) is 32.2 Å². The highest BCUT2D eigenvalue weighted by Gasteiger charge is 2.44. The number of carbonyl (C=O) groups excluding carboxylic acids is 2. The zero-order chi connectivity index (χ0) is 13.0. The summed E-state index contributed by atoms with van der Waals surface area (Å²) in [6.45, 7) is 1.69. The highest BCUT2D eigenvalue weighted by molar-refractivity contribution is 5.89. The molecule has 1 saturated carbocycles. The summed E-state index contributed by atoms with van der Waals surface area (Å²) in [5.74, 6) is -0.313. The molecule has 1 aliphatic heterocycles. The van der Waals surface area contributed by atoms with Crippen molar-refractivity contribution < 1.29 is 14.3 Å². The summed E-state index contributed by atoms with van der Waals surface area (Å²) in [5.41, 5.74) is -0.761. The van der Waals surface area contributed by atoms with Crippen molar-refractivity contribution in [3.8, 4) is 0 Å². The monoisotopic (exact) mass is 254 g/mol. The Kier molecular flexibility index (Phi) is 4.22. The van der Waals surface area contributed by atoms with Gasteiger partial charge in [0.2, 0.25) is 5.91 Å². The van der Waals surface area contributed by atoms with Crippen LogP contribution in [-0.2, 0) is 14.3 Å². The number of carbonyl (C=O) groups is 2. The minimum absolute atomic E-state index is 0.00509. The Labute approximate surface area is 108 Å². The molecule has 2 fully saturated rings. The molecule has 0 aromatic carbocycles. The van der Waals surface area contributed by atoms with E-state index >= 15 is 0 Å². The van der Waals surface area contributed by atoms with Gasteiger partial charge < -0.3 is 15.4 Å². The van der Waals surface area contributed by atoms with Gasteiger partial charge in [-0.3, -0.25) is 4.79 Å². The maximum Gasteiger partial charge on any atom is 0.331 e. The molecule has 1 atom stereocenters. The van der Waals surface area contributed by atoms with Gasteiger partial charge in [-0.1, -0.05) is 12.8 Å². The third-order valence-corrected chi connectivity index (χ3v) is 4.06. The molecule has 0 aromatic heterocycles. The van der Waals surface area contributed by atoms with Gasteiger partial charge in [0, 0.05) is 6.54 Å². The first-order valence-electron chi connectivity index (χ1n) is 6.79. The molecule has 1 aliphatic carbocycles. The number of amides is 1. The number of esters is 1. The van der Waals surface area contributed by atoms with E-state index in [1.165, 1.54) is 7.11 Å². The molecule has 18 heavy (non-hydrogen) atoms. The molecule has 1 heterocycles. The Balaban J connectivity index is 2.00. The van der Waals surface area contributed by atoms with Crippen LogP contribution in [0.5, 0.6) is 0 Å². The molecule has 102 valence electrons. The first kappa shape index (κ1) is 13.3. The molecule has 1 unspecified atom stereocenters. The topological polar surface area (TPSA) is 67.4 Å². The number of methoxy groups -OCH3 is 1. The van der Waals surface area contributed by atoms with E-state index in [1.807, 2.05) is 0 Å². The summed E-state index contributed by atoms with van der Waals surface area (Å²) in [5, 5.41) is 6.18. The number of nitrogens with one attached hydrogen (secondary N) is 2. The largest absolute Gasteiger partial charge is 0.467 e. The fourth-order valence-electron chi connectivity index (χ4n) is 2.97. The fraction of sp³-hybridized carbons (Fsp3) is 0.846. The van der Waals surface area contributed by atoms with E-state index in [9.17, 15) is 9.59 Å². The SMILES string of the molecule is COC(=O)C1(NC(=O)C2CCCNC2)CCCC1. The van der Waals surface area contributed by atoms with Gasteiger partial charge in [0.1, 0.15) is 5.54 Å². The van der Waals surface area contributed by atoms with Crippen LogP contribution in [-0.4, -0.2) is 37.6 Å². The van der Waals surface area contributed by atoms with E-state index in [2.05, 4.69) is 10.6 Å². The molecule has 0 spiro atoms. The quantitative estimate of drug-likeness (QED) is 0.723. The molecule has 0 bridgehead atoms. The highest BCUT2D eigenvalue weighted by Crippen LogP contribution is 2.31. The second-order valence-corrected chi connectivity index (χ2v) is 5.31. The average molecular weight is 254 g/mol. The number of ether oxygens (including phenoxy) is 1. The molecule has 2 rings (SSSR count). The molecule has 0 radical (unpaired) electrons. The normalized spacial score (nSPS) is 26.6. The van der Waals surface area contributed by atoms with Crippen LogP contribution in [0.15, 0.2) is 0 Å². The fourth-order valence-corrected chi connectivity index (χ4v) is 2.97. The summed E-state index contributed by atoms with van der Waals surface area (Å²) in [7, 11) is 1.39. The second kappa shape index (κ2) is 5.69. The van der Waals surface area contributed by atoms with Crippen LogP contribution >= 0.6 is 0 Å².